The molecule has 5 heteroatoms. The van der Waals surface area contributed by atoms with Gasteiger partial charge in [0.05, 0.1) is 12.5 Å². The zero-order valence-electron chi connectivity index (χ0n) is 11.6. The number of rotatable bonds is 5. The van der Waals surface area contributed by atoms with Crippen molar-refractivity contribution in [2.45, 2.75) is 31.7 Å². The van der Waals surface area contributed by atoms with Crippen LogP contribution in [0.3, 0.4) is 0 Å². The summed E-state index contributed by atoms with van der Waals surface area (Å²) in [6.07, 6.45) is 6.09. The Morgan fingerprint density at radius 3 is 2.57 bits per heavy atom. The fourth-order valence-corrected chi connectivity index (χ4v) is 2.44. The lowest BCUT2D eigenvalue weighted by Crippen LogP contribution is -2.35. The van der Waals surface area contributed by atoms with Crippen molar-refractivity contribution in [2.75, 3.05) is 0 Å². The lowest BCUT2D eigenvalue weighted by atomic mass is 9.92. The topological polar surface area (TPSA) is 66.4 Å². The van der Waals surface area contributed by atoms with Crippen LogP contribution in [-0.2, 0) is 9.59 Å². The van der Waals surface area contributed by atoms with Crippen LogP contribution in [0.2, 0.25) is 0 Å². The van der Waals surface area contributed by atoms with E-state index in [0.717, 1.165) is 12.8 Å². The highest BCUT2D eigenvalue weighted by Gasteiger charge is 2.24. The maximum Gasteiger partial charge on any atom is 0.305 e. The quantitative estimate of drug-likeness (QED) is 0.820. The Kier molecular flexibility index (Phi) is 5.09. The van der Waals surface area contributed by atoms with Crippen molar-refractivity contribution in [3.05, 3.63) is 47.8 Å². The molecule has 2 atom stereocenters. The summed E-state index contributed by atoms with van der Waals surface area (Å²) in [6.45, 7) is 0. The average molecular weight is 291 g/mol. The van der Waals surface area contributed by atoms with Crippen LogP contribution in [0.25, 0.3) is 0 Å². The van der Waals surface area contributed by atoms with Crippen LogP contribution >= 0.6 is 0 Å². The Bertz CT molecular complexity index is 539. The van der Waals surface area contributed by atoms with Crippen LogP contribution in [0.4, 0.5) is 4.39 Å². The summed E-state index contributed by atoms with van der Waals surface area (Å²) >= 11 is 0. The molecule has 0 spiro atoms. The van der Waals surface area contributed by atoms with Gasteiger partial charge in [0, 0.05) is 5.92 Å². The third-order valence-electron chi connectivity index (χ3n) is 3.61. The van der Waals surface area contributed by atoms with E-state index in [2.05, 4.69) is 5.32 Å². The fraction of sp³-hybridized carbons (Fsp3) is 0.375. The molecule has 2 N–H and O–H groups in total. The lowest BCUT2D eigenvalue weighted by Gasteiger charge is -2.22. The minimum Gasteiger partial charge on any atom is -0.481 e. The Morgan fingerprint density at radius 2 is 2.00 bits per heavy atom. The van der Waals surface area contributed by atoms with Gasteiger partial charge in [0.25, 0.3) is 0 Å². The zero-order chi connectivity index (χ0) is 15.2. The predicted molar refractivity (Wildman–Crippen MR) is 76.0 cm³/mol. The molecule has 0 aromatic heterocycles. The molecule has 1 aromatic carbocycles. The third-order valence-corrected chi connectivity index (χ3v) is 3.61. The number of carboxylic acids is 1. The van der Waals surface area contributed by atoms with Crippen molar-refractivity contribution in [1.82, 2.24) is 5.32 Å². The number of benzene rings is 1. The van der Waals surface area contributed by atoms with E-state index >= 15 is 0 Å². The zero-order valence-corrected chi connectivity index (χ0v) is 11.6. The van der Waals surface area contributed by atoms with Crippen LogP contribution in [0.1, 0.15) is 37.3 Å². The van der Waals surface area contributed by atoms with Crippen LogP contribution in [0.5, 0.6) is 0 Å². The largest absolute Gasteiger partial charge is 0.481 e. The Balaban J connectivity index is 2.08. The molecule has 112 valence electrons. The molecular weight excluding hydrogens is 273 g/mol. The van der Waals surface area contributed by atoms with Crippen molar-refractivity contribution >= 4 is 11.9 Å². The number of hydrogen-bond donors (Lipinski definition) is 2. The summed E-state index contributed by atoms with van der Waals surface area (Å²) in [5.74, 6) is -1.66. The summed E-state index contributed by atoms with van der Waals surface area (Å²) in [7, 11) is 0. The van der Waals surface area contributed by atoms with Crippen molar-refractivity contribution in [2.24, 2.45) is 5.92 Å². The number of nitrogens with one attached hydrogen (secondary N) is 1. The average Bonchev–Trinajstić information content (AvgIpc) is 2.48. The molecule has 0 saturated carbocycles. The number of carbonyl (C=O) groups is 2. The molecule has 2 rings (SSSR count). The highest BCUT2D eigenvalue weighted by molar-refractivity contribution is 5.80. The number of amides is 1. The number of carbonyl (C=O) groups excluding carboxylic acids is 1. The molecule has 1 aromatic rings. The van der Waals surface area contributed by atoms with Gasteiger partial charge in [0.1, 0.15) is 5.82 Å². The van der Waals surface area contributed by atoms with E-state index in [1.54, 1.807) is 0 Å². The number of aliphatic carboxylic acids is 1. The molecule has 0 heterocycles. The molecular formula is C16H18FNO3. The summed E-state index contributed by atoms with van der Waals surface area (Å²) in [4.78, 5) is 23.2. The van der Waals surface area contributed by atoms with Crippen LogP contribution < -0.4 is 5.32 Å². The van der Waals surface area contributed by atoms with Crippen molar-refractivity contribution in [3.8, 4) is 0 Å². The SMILES string of the molecule is O=C(O)C[C@@H](NC(=O)[C@@H]1CC=CCC1)c1ccc(F)cc1. The minimum absolute atomic E-state index is 0.119. The Labute approximate surface area is 122 Å². The first kappa shape index (κ1) is 15.2. The smallest absolute Gasteiger partial charge is 0.305 e. The second-order valence-corrected chi connectivity index (χ2v) is 5.19. The van der Waals surface area contributed by atoms with Crippen molar-refractivity contribution in [1.29, 1.82) is 0 Å². The van der Waals surface area contributed by atoms with Gasteiger partial charge in [-0.15, -0.1) is 0 Å². The predicted octanol–water partition coefficient (Wildman–Crippen LogP) is 2.81. The van der Waals surface area contributed by atoms with Crippen molar-refractivity contribution < 1.29 is 19.1 Å². The maximum absolute atomic E-state index is 13.0. The van der Waals surface area contributed by atoms with Gasteiger partial charge in [-0.25, -0.2) is 4.39 Å². The lowest BCUT2D eigenvalue weighted by molar-refractivity contribution is -0.138. The van der Waals surface area contributed by atoms with E-state index in [1.807, 2.05) is 12.2 Å². The van der Waals surface area contributed by atoms with Gasteiger partial charge < -0.3 is 10.4 Å². The number of halogens is 1. The van der Waals surface area contributed by atoms with Gasteiger partial charge in [-0.3, -0.25) is 9.59 Å². The van der Waals surface area contributed by atoms with Gasteiger partial charge in [-0.1, -0.05) is 24.3 Å². The van der Waals surface area contributed by atoms with Gasteiger partial charge in [-0.2, -0.15) is 0 Å². The molecule has 1 aliphatic rings. The summed E-state index contributed by atoms with van der Waals surface area (Å²) in [5.41, 5.74) is 0.596. The third kappa shape index (κ3) is 4.41. The van der Waals surface area contributed by atoms with Gasteiger partial charge in [0.2, 0.25) is 5.91 Å². The van der Waals surface area contributed by atoms with Gasteiger partial charge in [0.15, 0.2) is 0 Å². The van der Waals surface area contributed by atoms with E-state index < -0.39 is 17.8 Å². The summed E-state index contributed by atoms with van der Waals surface area (Å²) < 4.78 is 13.0. The molecule has 0 saturated heterocycles. The molecule has 1 aliphatic carbocycles. The van der Waals surface area contributed by atoms with Crippen LogP contribution in [-0.4, -0.2) is 17.0 Å². The Hall–Kier alpha value is -2.17. The number of hydrogen-bond acceptors (Lipinski definition) is 2. The first-order valence-corrected chi connectivity index (χ1v) is 6.99. The van der Waals surface area contributed by atoms with Crippen LogP contribution in [0, 0.1) is 11.7 Å². The monoisotopic (exact) mass is 291 g/mol. The van der Waals surface area contributed by atoms with E-state index in [-0.39, 0.29) is 18.2 Å². The van der Waals surface area contributed by atoms with E-state index in [4.69, 9.17) is 5.11 Å². The maximum atomic E-state index is 13.0. The van der Waals surface area contributed by atoms with Crippen LogP contribution in [0.15, 0.2) is 36.4 Å². The highest BCUT2D eigenvalue weighted by atomic mass is 19.1. The number of allylic oxidation sites excluding steroid dienone is 2. The van der Waals surface area contributed by atoms with Crippen molar-refractivity contribution in [3.63, 3.8) is 0 Å². The molecule has 0 aliphatic heterocycles. The van der Waals surface area contributed by atoms with E-state index in [0.29, 0.717) is 12.0 Å². The standard InChI is InChI=1S/C16H18FNO3/c17-13-8-6-11(7-9-13)14(10-15(19)20)18-16(21)12-4-2-1-3-5-12/h1-2,6-9,12,14H,3-5,10H2,(H,18,21)(H,19,20)/t12-,14-/m1/s1. The molecule has 4 nitrogen and oxygen atoms in total. The molecule has 0 unspecified atom stereocenters. The fourth-order valence-electron chi connectivity index (χ4n) is 2.44. The second-order valence-electron chi connectivity index (χ2n) is 5.19. The Morgan fingerprint density at radius 1 is 1.29 bits per heavy atom. The van der Waals surface area contributed by atoms with E-state index in [9.17, 15) is 14.0 Å². The first-order valence-electron chi connectivity index (χ1n) is 6.99. The molecule has 0 fully saturated rings. The minimum atomic E-state index is -1.01. The number of carboxylic acid groups (broad SMARTS) is 1. The van der Waals surface area contributed by atoms with E-state index in [1.165, 1.54) is 24.3 Å². The molecule has 0 bridgehead atoms. The normalized spacial score (nSPS) is 19.0. The first-order chi connectivity index (χ1) is 10.1. The molecule has 1 amide bonds. The second kappa shape index (κ2) is 7.02. The van der Waals surface area contributed by atoms with Gasteiger partial charge in [-0.05, 0) is 37.0 Å². The summed E-state index contributed by atoms with van der Waals surface area (Å²) in [6, 6.07) is 4.90. The summed E-state index contributed by atoms with van der Waals surface area (Å²) in [5, 5.41) is 11.8. The molecule has 0 radical (unpaired) electrons. The highest BCUT2D eigenvalue weighted by Crippen LogP contribution is 2.22. The van der Waals surface area contributed by atoms with Gasteiger partial charge >= 0.3 is 5.97 Å². The molecule has 21 heavy (non-hydrogen) atoms.